The van der Waals surface area contributed by atoms with Crippen LogP contribution in [0.4, 0.5) is 0 Å². The van der Waals surface area contributed by atoms with E-state index >= 15 is 0 Å². The maximum absolute atomic E-state index is 11.5. The molecule has 0 fully saturated rings. The third kappa shape index (κ3) is 5.16. The zero-order chi connectivity index (χ0) is 10.5. The van der Waals surface area contributed by atoms with Crippen LogP contribution in [0.3, 0.4) is 0 Å². The minimum atomic E-state index is 0.0277. The average Bonchev–Trinajstić information content (AvgIpc) is 2.01. The minimum Gasteiger partial charge on any atom is -0.355 e. The van der Waals surface area contributed by atoms with Gasteiger partial charge in [0.05, 0.1) is 0 Å². The average molecular weight is 204 g/mol. The van der Waals surface area contributed by atoms with Gasteiger partial charge in [0, 0.05) is 18.2 Å². The Morgan fingerprint density at radius 2 is 2.08 bits per heavy atom. The van der Waals surface area contributed by atoms with Crippen LogP contribution in [0, 0.1) is 11.3 Å². The van der Waals surface area contributed by atoms with E-state index < -0.39 is 0 Å². The zero-order valence-corrected chi connectivity index (χ0v) is 9.70. The second-order valence-electron chi connectivity index (χ2n) is 4.25. The van der Waals surface area contributed by atoms with Crippen LogP contribution in [0.5, 0.6) is 0 Å². The van der Waals surface area contributed by atoms with Crippen molar-refractivity contribution in [3.05, 3.63) is 0 Å². The lowest BCUT2D eigenvalue weighted by Gasteiger charge is -2.25. The molecule has 0 bridgehead atoms. The Morgan fingerprint density at radius 3 is 2.46 bits per heavy atom. The van der Waals surface area contributed by atoms with Crippen LogP contribution >= 0.6 is 11.9 Å². The Hall–Kier alpha value is -0.220. The van der Waals surface area contributed by atoms with Gasteiger partial charge in [0.1, 0.15) is 0 Å². The van der Waals surface area contributed by atoms with Gasteiger partial charge in [-0.05, 0) is 5.41 Å². The highest BCUT2D eigenvalue weighted by Crippen LogP contribution is 2.24. The summed E-state index contributed by atoms with van der Waals surface area (Å²) >= 11 is 1.25. The van der Waals surface area contributed by atoms with Crippen LogP contribution in [-0.2, 0) is 4.79 Å². The molecule has 0 saturated carbocycles. The first-order valence-electron chi connectivity index (χ1n) is 4.49. The summed E-state index contributed by atoms with van der Waals surface area (Å²) in [5, 5.41) is 8.09. The molecule has 0 aliphatic heterocycles. The van der Waals surface area contributed by atoms with E-state index in [1.54, 1.807) is 0 Å². The standard InChI is InChI=1S/C9H20N2OS/c1-7(9(2,3)4)8(12)11-5-6-13-10/h7H,5-6,10H2,1-4H3,(H,11,12). The molecule has 0 rings (SSSR count). The number of carbonyl (C=O) groups is 1. The second kappa shape index (κ2) is 5.50. The van der Waals surface area contributed by atoms with E-state index in [4.69, 9.17) is 5.14 Å². The predicted octanol–water partition coefficient (Wildman–Crippen LogP) is 1.39. The monoisotopic (exact) mass is 204 g/mol. The van der Waals surface area contributed by atoms with Gasteiger partial charge in [-0.1, -0.05) is 39.6 Å². The van der Waals surface area contributed by atoms with E-state index in [2.05, 4.69) is 26.1 Å². The van der Waals surface area contributed by atoms with Gasteiger partial charge in [-0.2, -0.15) is 0 Å². The summed E-state index contributed by atoms with van der Waals surface area (Å²) in [4.78, 5) is 11.5. The maximum atomic E-state index is 11.5. The molecule has 0 saturated heterocycles. The van der Waals surface area contributed by atoms with Crippen LogP contribution in [0.1, 0.15) is 27.7 Å². The lowest BCUT2D eigenvalue weighted by Crippen LogP contribution is -2.37. The quantitative estimate of drug-likeness (QED) is 0.537. The fourth-order valence-electron chi connectivity index (χ4n) is 0.780. The van der Waals surface area contributed by atoms with Crippen molar-refractivity contribution < 1.29 is 4.79 Å². The SMILES string of the molecule is CC(C(=O)NCCSN)C(C)(C)C. The summed E-state index contributed by atoms with van der Waals surface area (Å²) in [7, 11) is 0. The molecule has 13 heavy (non-hydrogen) atoms. The van der Waals surface area contributed by atoms with E-state index in [9.17, 15) is 4.79 Å². The molecule has 1 atom stereocenters. The van der Waals surface area contributed by atoms with E-state index in [0.29, 0.717) is 6.54 Å². The molecule has 0 heterocycles. The highest BCUT2D eigenvalue weighted by Gasteiger charge is 2.26. The molecule has 0 radical (unpaired) electrons. The highest BCUT2D eigenvalue weighted by atomic mass is 32.2. The predicted molar refractivity (Wildman–Crippen MR) is 58.3 cm³/mol. The van der Waals surface area contributed by atoms with Crippen LogP contribution in [-0.4, -0.2) is 18.2 Å². The van der Waals surface area contributed by atoms with Crippen molar-refractivity contribution in [2.75, 3.05) is 12.3 Å². The minimum absolute atomic E-state index is 0.0277. The van der Waals surface area contributed by atoms with Gasteiger partial charge in [-0.25, -0.2) is 0 Å². The van der Waals surface area contributed by atoms with Crippen molar-refractivity contribution >= 4 is 17.9 Å². The Bertz CT molecular complexity index is 165. The lowest BCUT2D eigenvalue weighted by atomic mass is 9.81. The molecule has 4 heteroatoms. The molecule has 0 aromatic heterocycles. The van der Waals surface area contributed by atoms with Gasteiger partial charge in [-0.15, -0.1) is 0 Å². The molecule has 0 aliphatic carbocycles. The molecule has 1 unspecified atom stereocenters. The van der Waals surface area contributed by atoms with Crippen molar-refractivity contribution in [2.24, 2.45) is 16.5 Å². The molecule has 78 valence electrons. The first-order chi connectivity index (χ1) is 5.89. The van der Waals surface area contributed by atoms with Crippen molar-refractivity contribution in [2.45, 2.75) is 27.7 Å². The Labute approximate surface area is 85.0 Å². The lowest BCUT2D eigenvalue weighted by molar-refractivity contribution is -0.127. The van der Waals surface area contributed by atoms with Gasteiger partial charge in [0.2, 0.25) is 5.91 Å². The molecule has 3 nitrogen and oxygen atoms in total. The molecule has 0 aliphatic rings. The molecule has 1 amide bonds. The first kappa shape index (κ1) is 12.8. The molecular formula is C9H20N2OS. The molecule has 0 spiro atoms. The van der Waals surface area contributed by atoms with Gasteiger partial charge in [0.15, 0.2) is 0 Å². The first-order valence-corrected chi connectivity index (χ1v) is 5.54. The number of nitrogens with one attached hydrogen (secondary N) is 1. The van der Waals surface area contributed by atoms with Gasteiger partial charge in [-0.3, -0.25) is 9.93 Å². The Balaban J connectivity index is 3.84. The van der Waals surface area contributed by atoms with Crippen molar-refractivity contribution in [1.82, 2.24) is 5.32 Å². The van der Waals surface area contributed by atoms with Crippen LogP contribution in [0.15, 0.2) is 0 Å². The molecule has 0 aromatic rings. The third-order valence-electron chi connectivity index (χ3n) is 2.21. The fourth-order valence-corrected chi connectivity index (χ4v) is 0.999. The number of hydrogen-bond donors (Lipinski definition) is 2. The van der Waals surface area contributed by atoms with E-state index in [1.807, 2.05) is 6.92 Å². The second-order valence-corrected chi connectivity index (χ2v) is 4.99. The van der Waals surface area contributed by atoms with Gasteiger partial charge < -0.3 is 5.32 Å². The number of amides is 1. The fraction of sp³-hybridized carbons (Fsp3) is 0.889. The highest BCUT2D eigenvalue weighted by molar-refractivity contribution is 7.97. The van der Waals surface area contributed by atoms with Gasteiger partial charge >= 0.3 is 0 Å². The Morgan fingerprint density at radius 1 is 1.54 bits per heavy atom. The third-order valence-corrected chi connectivity index (χ3v) is 2.65. The number of hydrogen-bond acceptors (Lipinski definition) is 3. The normalized spacial score (nSPS) is 13.9. The Kier molecular flexibility index (Phi) is 5.40. The van der Waals surface area contributed by atoms with Gasteiger partial charge in [0.25, 0.3) is 0 Å². The summed E-state index contributed by atoms with van der Waals surface area (Å²) in [6, 6.07) is 0. The maximum Gasteiger partial charge on any atom is 0.223 e. The van der Waals surface area contributed by atoms with Crippen molar-refractivity contribution in [3.63, 3.8) is 0 Å². The molecule has 0 aromatic carbocycles. The zero-order valence-electron chi connectivity index (χ0n) is 8.89. The number of nitrogens with two attached hydrogens (primary N) is 1. The number of carbonyl (C=O) groups excluding carboxylic acids is 1. The molecule has 3 N–H and O–H groups in total. The van der Waals surface area contributed by atoms with E-state index in [0.717, 1.165) is 5.75 Å². The van der Waals surface area contributed by atoms with E-state index in [1.165, 1.54) is 11.9 Å². The van der Waals surface area contributed by atoms with Crippen LogP contribution in [0.25, 0.3) is 0 Å². The summed E-state index contributed by atoms with van der Waals surface area (Å²) < 4.78 is 0. The molecular weight excluding hydrogens is 184 g/mol. The summed E-state index contributed by atoms with van der Waals surface area (Å²) in [6.45, 7) is 8.80. The smallest absolute Gasteiger partial charge is 0.223 e. The van der Waals surface area contributed by atoms with E-state index in [-0.39, 0.29) is 17.2 Å². The summed E-state index contributed by atoms with van der Waals surface area (Å²) in [5.74, 6) is 0.916. The van der Waals surface area contributed by atoms with Crippen LogP contribution < -0.4 is 10.5 Å². The largest absolute Gasteiger partial charge is 0.355 e. The summed E-state index contributed by atoms with van der Waals surface area (Å²) in [5.41, 5.74) is 0.0277. The van der Waals surface area contributed by atoms with Crippen LogP contribution in [0.2, 0.25) is 0 Å². The topological polar surface area (TPSA) is 55.1 Å². The van der Waals surface area contributed by atoms with Crippen molar-refractivity contribution in [3.8, 4) is 0 Å². The van der Waals surface area contributed by atoms with Crippen molar-refractivity contribution in [1.29, 1.82) is 0 Å². The number of rotatable bonds is 4. The summed E-state index contributed by atoms with van der Waals surface area (Å²) in [6.07, 6.45) is 0.